The second-order valence-electron chi connectivity index (χ2n) is 5.34. The maximum absolute atomic E-state index is 11.9. The molecule has 0 spiro atoms. The Hall–Kier alpha value is -3.46. The topological polar surface area (TPSA) is 118 Å². The standard InChI is InChI=1S/C18H12BrN3O5/c19-15-9-11(22(25)26)5-7-13(15)17-8-6-12(27-17)10-20-21-18(24)14-3-1-2-4-16(14)23/h1-10,23H,(H,21,24)/b20-10+. The second kappa shape index (κ2) is 7.83. The van der Waals surface area contributed by atoms with Crippen molar-refractivity contribution in [3.05, 3.63) is 80.5 Å². The summed E-state index contributed by atoms with van der Waals surface area (Å²) in [6.07, 6.45) is 1.31. The Bertz CT molecular complexity index is 1040. The van der Waals surface area contributed by atoms with Gasteiger partial charge in [-0.3, -0.25) is 14.9 Å². The van der Waals surface area contributed by atoms with E-state index in [-0.39, 0.29) is 17.0 Å². The lowest BCUT2D eigenvalue weighted by molar-refractivity contribution is -0.384. The van der Waals surface area contributed by atoms with Crippen molar-refractivity contribution < 1.29 is 19.2 Å². The molecular weight excluding hydrogens is 418 g/mol. The lowest BCUT2D eigenvalue weighted by atomic mass is 10.1. The number of phenols is 1. The van der Waals surface area contributed by atoms with Crippen LogP contribution < -0.4 is 5.43 Å². The summed E-state index contributed by atoms with van der Waals surface area (Å²) in [6.45, 7) is 0. The van der Waals surface area contributed by atoms with Crippen molar-refractivity contribution >= 4 is 33.7 Å². The van der Waals surface area contributed by atoms with Crippen LogP contribution in [0, 0.1) is 10.1 Å². The van der Waals surface area contributed by atoms with Gasteiger partial charge in [0.15, 0.2) is 0 Å². The van der Waals surface area contributed by atoms with E-state index in [1.54, 1.807) is 30.3 Å². The van der Waals surface area contributed by atoms with Gasteiger partial charge < -0.3 is 9.52 Å². The summed E-state index contributed by atoms with van der Waals surface area (Å²) >= 11 is 3.29. The fourth-order valence-corrected chi connectivity index (χ4v) is 2.83. The van der Waals surface area contributed by atoms with Crippen LogP contribution in [-0.4, -0.2) is 22.2 Å². The number of rotatable bonds is 5. The van der Waals surface area contributed by atoms with Gasteiger partial charge >= 0.3 is 0 Å². The van der Waals surface area contributed by atoms with Crippen LogP contribution in [0.15, 0.2) is 68.6 Å². The molecule has 8 nitrogen and oxygen atoms in total. The van der Waals surface area contributed by atoms with Crippen LogP contribution in [0.5, 0.6) is 5.75 Å². The van der Waals surface area contributed by atoms with Gasteiger partial charge in [-0.15, -0.1) is 0 Å². The molecule has 2 aromatic carbocycles. The molecule has 1 amide bonds. The Kier molecular flexibility index (Phi) is 5.32. The molecule has 3 rings (SSSR count). The third-order valence-electron chi connectivity index (χ3n) is 3.56. The number of carbonyl (C=O) groups excluding carboxylic acids is 1. The molecule has 136 valence electrons. The monoisotopic (exact) mass is 429 g/mol. The molecular formula is C18H12BrN3O5. The van der Waals surface area contributed by atoms with Gasteiger partial charge in [0.05, 0.1) is 16.7 Å². The van der Waals surface area contributed by atoms with Gasteiger partial charge in [0.1, 0.15) is 17.3 Å². The number of aromatic hydroxyl groups is 1. The summed E-state index contributed by atoms with van der Waals surface area (Å²) < 4.78 is 6.13. The summed E-state index contributed by atoms with van der Waals surface area (Å²) in [4.78, 5) is 22.2. The molecule has 0 aliphatic carbocycles. The van der Waals surface area contributed by atoms with E-state index in [4.69, 9.17) is 4.42 Å². The van der Waals surface area contributed by atoms with E-state index in [2.05, 4.69) is 26.5 Å². The van der Waals surface area contributed by atoms with Crippen molar-refractivity contribution in [3.63, 3.8) is 0 Å². The Balaban J connectivity index is 1.71. The van der Waals surface area contributed by atoms with Gasteiger partial charge in [-0.1, -0.05) is 12.1 Å². The van der Waals surface area contributed by atoms with Gasteiger partial charge in [-0.2, -0.15) is 5.10 Å². The van der Waals surface area contributed by atoms with Crippen molar-refractivity contribution in [3.8, 4) is 17.1 Å². The smallest absolute Gasteiger partial charge is 0.275 e. The number of phenolic OH excluding ortho intramolecular Hbond substituents is 1. The van der Waals surface area contributed by atoms with Gasteiger partial charge in [0.25, 0.3) is 11.6 Å². The molecule has 0 radical (unpaired) electrons. The van der Waals surface area contributed by atoms with Crippen LogP contribution in [-0.2, 0) is 0 Å². The lowest BCUT2D eigenvalue weighted by Gasteiger charge is -2.01. The Morgan fingerprint density at radius 3 is 2.70 bits per heavy atom. The molecule has 0 fully saturated rings. The normalized spacial score (nSPS) is 10.9. The fraction of sp³-hybridized carbons (Fsp3) is 0. The first kappa shape index (κ1) is 18.3. The molecule has 2 N–H and O–H groups in total. The number of halogens is 1. The number of hydrogen-bond donors (Lipinski definition) is 2. The molecule has 0 aliphatic rings. The van der Waals surface area contributed by atoms with Crippen molar-refractivity contribution in [1.82, 2.24) is 5.43 Å². The molecule has 1 heterocycles. The Morgan fingerprint density at radius 1 is 1.22 bits per heavy atom. The number of hydrazone groups is 1. The van der Waals surface area contributed by atoms with E-state index < -0.39 is 10.8 Å². The number of nitrogens with one attached hydrogen (secondary N) is 1. The molecule has 1 aromatic heterocycles. The first-order valence-corrected chi connectivity index (χ1v) is 8.40. The zero-order valence-electron chi connectivity index (χ0n) is 13.6. The van der Waals surface area contributed by atoms with Gasteiger partial charge in [0, 0.05) is 22.2 Å². The fourth-order valence-electron chi connectivity index (χ4n) is 2.26. The molecule has 0 saturated heterocycles. The summed E-state index contributed by atoms with van der Waals surface area (Å²) in [5.74, 6) is 0.140. The van der Waals surface area contributed by atoms with E-state index in [0.29, 0.717) is 21.6 Å². The third kappa shape index (κ3) is 4.21. The number of furan rings is 1. The molecule has 0 atom stereocenters. The predicted octanol–water partition coefficient (Wildman–Crippen LogP) is 4.09. The Morgan fingerprint density at radius 2 is 2.00 bits per heavy atom. The zero-order valence-corrected chi connectivity index (χ0v) is 15.2. The highest BCUT2D eigenvalue weighted by Crippen LogP contribution is 2.32. The van der Waals surface area contributed by atoms with Gasteiger partial charge in [-0.25, -0.2) is 5.43 Å². The summed E-state index contributed by atoms with van der Waals surface area (Å²) in [7, 11) is 0. The summed E-state index contributed by atoms with van der Waals surface area (Å²) in [6, 6.07) is 13.8. The molecule has 0 bridgehead atoms. The molecule has 0 unspecified atom stereocenters. The number of carbonyl (C=O) groups is 1. The average molecular weight is 430 g/mol. The van der Waals surface area contributed by atoms with Crippen LogP contribution >= 0.6 is 15.9 Å². The molecule has 9 heteroatoms. The van der Waals surface area contributed by atoms with Crippen molar-refractivity contribution in [1.29, 1.82) is 0 Å². The number of hydrogen-bond acceptors (Lipinski definition) is 6. The number of nitro groups is 1. The van der Waals surface area contributed by atoms with E-state index in [1.807, 2.05) is 0 Å². The van der Waals surface area contributed by atoms with Crippen LogP contribution in [0.2, 0.25) is 0 Å². The lowest BCUT2D eigenvalue weighted by Crippen LogP contribution is -2.17. The summed E-state index contributed by atoms with van der Waals surface area (Å²) in [5.41, 5.74) is 3.00. The highest BCUT2D eigenvalue weighted by molar-refractivity contribution is 9.10. The van der Waals surface area contributed by atoms with Gasteiger partial charge in [0.2, 0.25) is 0 Å². The van der Waals surface area contributed by atoms with Crippen molar-refractivity contribution in [2.45, 2.75) is 0 Å². The van der Waals surface area contributed by atoms with E-state index >= 15 is 0 Å². The largest absolute Gasteiger partial charge is 0.507 e. The maximum atomic E-state index is 11.9. The number of nitro benzene ring substituents is 1. The van der Waals surface area contributed by atoms with Crippen molar-refractivity contribution in [2.75, 3.05) is 0 Å². The molecule has 0 saturated carbocycles. The SMILES string of the molecule is O=C(N/N=C/c1ccc(-c2ccc([N+](=O)[O-])cc2Br)o1)c1ccccc1O. The minimum absolute atomic E-state index is 0.0363. The Labute approximate surface area is 161 Å². The average Bonchev–Trinajstić information content (AvgIpc) is 3.10. The first-order chi connectivity index (χ1) is 13.0. The highest BCUT2D eigenvalue weighted by atomic mass is 79.9. The summed E-state index contributed by atoms with van der Waals surface area (Å²) in [5, 5.41) is 24.2. The first-order valence-electron chi connectivity index (χ1n) is 7.61. The van der Waals surface area contributed by atoms with Crippen LogP contribution in [0.4, 0.5) is 5.69 Å². The van der Waals surface area contributed by atoms with Crippen molar-refractivity contribution in [2.24, 2.45) is 5.10 Å². The maximum Gasteiger partial charge on any atom is 0.275 e. The highest BCUT2D eigenvalue weighted by Gasteiger charge is 2.13. The van der Waals surface area contributed by atoms with E-state index in [0.717, 1.165) is 0 Å². The van der Waals surface area contributed by atoms with E-state index in [1.165, 1.54) is 30.5 Å². The zero-order chi connectivity index (χ0) is 19.4. The number of para-hydroxylation sites is 1. The minimum atomic E-state index is -0.561. The molecule has 27 heavy (non-hydrogen) atoms. The number of amides is 1. The quantitative estimate of drug-likeness (QED) is 0.359. The number of non-ortho nitro benzene ring substituents is 1. The van der Waals surface area contributed by atoms with E-state index in [9.17, 15) is 20.0 Å². The number of nitrogens with zero attached hydrogens (tertiary/aromatic N) is 2. The number of benzene rings is 2. The third-order valence-corrected chi connectivity index (χ3v) is 4.22. The van der Waals surface area contributed by atoms with Crippen LogP contribution in [0.25, 0.3) is 11.3 Å². The predicted molar refractivity (Wildman–Crippen MR) is 102 cm³/mol. The van der Waals surface area contributed by atoms with Crippen LogP contribution in [0.1, 0.15) is 16.1 Å². The van der Waals surface area contributed by atoms with Crippen LogP contribution in [0.3, 0.4) is 0 Å². The molecule has 3 aromatic rings. The second-order valence-corrected chi connectivity index (χ2v) is 6.19. The van der Waals surface area contributed by atoms with Gasteiger partial charge in [-0.05, 0) is 46.3 Å². The minimum Gasteiger partial charge on any atom is -0.507 e. The molecule has 0 aliphatic heterocycles.